The molecule has 1 heterocycles. The number of benzene rings is 1. The highest BCUT2D eigenvalue weighted by molar-refractivity contribution is 8.01. The molecule has 0 unspecified atom stereocenters. The van der Waals surface area contributed by atoms with Crippen LogP contribution >= 0.6 is 23.1 Å². The molecule has 2 aromatic rings. The number of carboxylic acids is 1. The molecule has 0 saturated carbocycles. The van der Waals surface area contributed by atoms with E-state index >= 15 is 0 Å². The molecule has 0 aliphatic carbocycles. The van der Waals surface area contributed by atoms with Gasteiger partial charge in [0.15, 0.2) is 4.34 Å². The maximum Gasteiger partial charge on any atom is 0.151 e. The number of thiazole rings is 1. The van der Waals surface area contributed by atoms with Gasteiger partial charge in [0.2, 0.25) is 0 Å². The summed E-state index contributed by atoms with van der Waals surface area (Å²) in [5.41, 5.74) is 0.915. The maximum atomic E-state index is 10.2. The first kappa shape index (κ1) is 9.48. The van der Waals surface area contributed by atoms with Crippen molar-refractivity contribution in [2.24, 2.45) is 0 Å². The van der Waals surface area contributed by atoms with Crippen LogP contribution in [0, 0.1) is 0 Å². The highest BCUT2D eigenvalue weighted by atomic mass is 32.2. The van der Waals surface area contributed by atoms with Gasteiger partial charge in [0.05, 0.1) is 16.2 Å². The van der Waals surface area contributed by atoms with Gasteiger partial charge in [-0.1, -0.05) is 23.9 Å². The number of hydrogen-bond acceptors (Lipinski definition) is 5. The molecule has 2 rings (SSSR count). The lowest BCUT2D eigenvalue weighted by Crippen LogP contribution is -2.24. The van der Waals surface area contributed by atoms with Gasteiger partial charge in [0.25, 0.3) is 0 Å². The van der Waals surface area contributed by atoms with Gasteiger partial charge in [-0.2, -0.15) is 0 Å². The predicted octanol–water partition coefficient (Wildman–Crippen LogP) is 1.14. The number of carboxylic acid groups (broad SMARTS) is 1. The quantitative estimate of drug-likeness (QED) is 0.734. The minimum Gasteiger partial charge on any atom is -0.549 e. The Morgan fingerprint density at radius 1 is 1.50 bits per heavy atom. The Hall–Kier alpha value is -1.07. The molecule has 0 fully saturated rings. The van der Waals surface area contributed by atoms with E-state index in [0.29, 0.717) is 0 Å². The Morgan fingerprint density at radius 2 is 2.29 bits per heavy atom. The van der Waals surface area contributed by atoms with Crippen molar-refractivity contribution in [2.75, 3.05) is 5.75 Å². The first-order valence-corrected chi connectivity index (χ1v) is 5.74. The van der Waals surface area contributed by atoms with E-state index in [1.807, 2.05) is 24.3 Å². The number of thioether (sulfide) groups is 1. The Balaban J connectivity index is 2.22. The lowest BCUT2D eigenvalue weighted by atomic mass is 10.3. The molecule has 0 atom stereocenters. The normalized spacial score (nSPS) is 10.6. The van der Waals surface area contributed by atoms with Gasteiger partial charge in [0, 0.05) is 5.75 Å². The van der Waals surface area contributed by atoms with Crippen LogP contribution in [-0.2, 0) is 4.79 Å². The Morgan fingerprint density at radius 3 is 3.00 bits per heavy atom. The van der Waals surface area contributed by atoms with Crippen molar-refractivity contribution in [1.29, 1.82) is 0 Å². The largest absolute Gasteiger partial charge is 0.549 e. The second kappa shape index (κ2) is 3.98. The number of rotatable bonds is 3. The summed E-state index contributed by atoms with van der Waals surface area (Å²) >= 11 is 2.70. The van der Waals surface area contributed by atoms with E-state index in [9.17, 15) is 9.90 Å². The van der Waals surface area contributed by atoms with Crippen molar-refractivity contribution in [1.82, 2.24) is 4.98 Å². The van der Waals surface area contributed by atoms with Gasteiger partial charge >= 0.3 is 0 Å². The highest BCUT2D eigenvalue weighted by Crippen LogP contribution is 2.28. The second-order valence-electron chi connectivity index (χ2n) is 2.61. The van der Waals surface area contributed by atoms with E-state index in [1.54, 1.807) is 0 Å². The summed E-state index contributed by atoms with van der Waals surface area (Å²) in [5.74, 6) is -1.10. The number of carbonyl (C=O) groups excluding carboxylic acids is 1. The smallest absolute Gasteiger partial charge is 0.151 e. The summed E-state index contributed by atoms with van der Waals surface area (Å²) in [6, 6.07) is 7.73. The molecule has 0 bridgehead atoms. The molecule has 0 aliphatic heterocycles. The van der Waals surface area contributed by atoms with Crippen LogP contribution in [-0.4, -0.2) is 16.7 Å². The van der Waals surface area contributed by atoms with E-state index in [0.717, 1.165) is 14.6 Å². The monoisotopic (exact) mass is 224 g/mol. The SMILES string of the molecule is O=C([O-])CSc1nc2ccccc2s1. The summed E-state index contributed by atoms with van der Waals surface area (Å²) < 4.78 is 1.85. The van der Waals surface area contributed by atoms with Crippen molar-refractivity contribution in [3.8, 4) is 0 Å². The Bertz CT molecular complexity index is 434. The Kier molecular flexibility index (Phi) is 2.69. The van der Waals surface area contributed by atoms with Crippen LogP contribution in [0.3, 0.4) is 0 Å². The Labute approximate surface area is 88.8 Å². The van der Waals surface area contributed by atoms with Crippen LogP contribution in [0.15, 0.2) is 28.6 Å². The molecule has 0 radical (unpaired) electrons. The topological polar surface area (TPSA) is 53.0 Å². The summed E-state index contributed by atoms with van der Waals surface area (Å²) in [6.45, 7) is 0. The molecule has 0 N–H and O–H groups in total. The minimum absolute atomic E-state index is 0.0418. The fourth-order valence-corrected chi connectivity index (χ4v) is 2.82. The van der Waals surface area contributed by atoms with Gasteiger partial charge in [-0.3, -0.25) is 0 Å². The zero-order chi connectivity index (χ0) is 9.97. The predicted molar refractivity (Wildman–Crippen MR) is 55.4 cm³/mol. The molecule has 14 heavy (non-hydrogen) atoms. The van der Waals surface area contributed by atoms with Crippen molar-refractivity contribution < 1.29 is 9.90 Å². The van der Waals surface area contributed by atoms with Gasteiger partial charge < -0.3 is 9.90 Å². The first-order valence-electron chi connectivity index (χ1n) is 3.94. The lowest BCUT2D eigenvalue weighted by Gasteiger charge is -1.96. The van der Waals surface area contributed by atoms with Gasteiger partial charge in [0.1, 0.15) is 0 Å². The standard InChI is InChI=1S/C9H7NO2S2/c11-8(12)5-13-9-10-6-3-1-2-4-7(6)14-9/h1-4H,5H2,(H,11,12)/p-1. The fraction of sp³-hybridized carbons (Fsp3) is 0.111. The molecule has 0 spiro atoms. The van der Waals surface area contributed by atoms with Crippen LogP contribution in [0.25, 0.3) is 10.2 Å². The number of fused-ring (bicyclic) bond motifs is 1. The number of aromatic nitrogens is 1. The van der Waals surface area contributed by atoms with Crippen molar-refractivity contribution in [2.45, 2.75) is 4.34 Å². The maximum absolute atomic E-state index is 10.2. The number of para-hydroxylation sites is 1. The van der Waals surface area contributed by atoms with Crippen LogP contribution in [0.1, 0.15) is 0 Å². The lowest BCUT2D eigenvalue weighted by molar-refractivity contribution is -0.301. The van der Waals surface area contributed by atoms with E-state index in [1.165, 1.54) is 23.1 Å². The van der Waals surface area contributed by atoms with E-state index in [-0.39, 0.29) is 5.75 Å². The first-order chi connectivity index (χ1) is 6.75. The second-order valence-corrected chi connectivity index (χ2v) is 4.86. The van der Waals surface area contributed by atoms with Crippen LogP contribution in [0.4, 0.5) is 0 Å². The molecule has 1 aromatic carbocycles. The van der Waals surface area contributed by atoms with Gasteiger partial charge in [-0.15, -0.1) is 11.3 Å². The van der Waals surface area contributed by atoms with E-state index < -0.39 is 5.97 Å². The van der Waals surface area contributed by atoms with Crippen LogP contribution in [0.5, 0.6) is 0 Å². The molecular formula is C9H6NO2S2-. The van der Waals surface area contributed by atoms with E-state index in [2.05, 4.69) is 4.98 Å². The van der Waals surface area contributed by atoms with Crippen molar-refractivity contribution in [3.05, 3.63) is 24.3 Å². The van der Waals surface area contributed by atoms with Crippen molar-refractivity contribution >= 4 is 39.3 Å². The number of aliphatic carboxylic acids is 1. The molecule has 3 nitrogen and oxygen atoms in total. The molecule has 72 valence electrons. The number of nitrogens with zero attached hydrogens (tertiary/aromatic N) is 1. The average Bonchev–Trinajstić information content (AvgIpc) is 2.57. The van der Waals surface area contributed by atoms with Gasteiger partial charge in [-0.25, -0.2) is 4.98 Å². The summed E-state index contributed by atoms with van der Waals surface area (Å²) in [7, 11) is 0. The number of carbonyl (C=O) groups is 1. The molecule has 0 saturated heterocycles. The highest BCUT2D eigenvalue weighted by Gasteiger charge is 2.02. The minimum atomic E-state index is -1.06. The molecular weight excluding hydrogens is 218 g/mol. The molecule has 5 heteroatoms. The number of hydrogen-bond donors (Lipinski definition) is 0. The third-order valence-corrected chi connectivity index (χ3v) is 3.74. The van der Waals surface area contributed by atoms with E-state index in [4.69, 9.17) is 0 Å². The van der Waals surface area contributed by atoms with Gasteiger partial charge in [-0.05, 0) is 12.1 Å². The molecule has 0 aliphatic rings. The molecule has 1 aromatic heterocycles. The fourth-order valence-electron chi connectivity index (χ4n) is 1.03. The molecule has 0 amide bonds. The van der Waals surface area contributed by atoms with Crippen LogP contribution < -0.4 is 5.11 Å². The zero-order valence-electron chi connectivity index (χ0n) is 7.10. The third kappa shape index (κ3) is 2.05. The van der Waals surface area contributed by atoms with Crippen molar-refractivity contribution in [3.63, 3.8) is 0 Å². The van der Waals surface area contributed by atoms with Crippen LogP contribution in [0.2, 0.25) is 0 Å². The summed E-state index contributed by atoms with van der Waals surface area (Å²) in [4.78, 5) is 14.5. The summed E-state index contributed by atoms with van der Waals surface area (Å²) in [6.07, 6.45) is 0. The third-order valence-electron chi connectivity index (χ3n) is 1.59. The summed E-state index contributed by atoms with van der Waals surface area (Å²) in [5, 5.41) is 10.2. The average molecular weight is 224 g/mol. The zero-order valence-corrected chi connectivity index (χ0v) is 8.73.